The van der Waals surface area contributed by atoms with Crippen LogP contribution in [-0.4, -0.2) is 29.8 Å². The molecule has 0 spiro atoms. The molecule has 0 fully saturated rings. The molecule has 5 heteroatoms. The van der Waals surface area contributed by atoms with Gasteiger partial charge in [0.15, 0.2) is 0 Å². The van der Waals surface area contributed by atoms with Gasteiger partial charge in [0.2, 0.25) is 0 Å². The van der Waals surface area contributed by atoms with Gasteiger partial charge in [-0.2, -0.15) is 11.8 Å². The zero-order valence-corrected chi connectivity index (χ0v) is 6.70. The second kappa shape index (κ2) is 6.70. The molecular weight excluding hydrogens is 152 g/mol. The Labute approximate surface area is 64.3 Å². The van der Waals surface area contributed by atoms with E-state index in [0.717, 1.165) is 12.2 Å². The quantitative estimate of drug-likeness (QED) is 0.321. The number of carbonyl (C=O) groups is 1. The average Bonchev–Trinajstić information content (AvgIpc) is 1.98. The van der Waals surface area contributed by atoms with E-state index in [0.29, 0.717) is 6.54 Å². The molecule has 0 aromatic rings. The lowest BCUT2D eigenvalue weighted by molar-refractivity contribution is 0.162. The van der Waals surface area contributed by atoms with Crippen molar-refractivity contribution in [2.24, 2.45) is 0 Å². The first kappa shape index (κ1) is 9.58. The Kier molecular flexibility index (Phi) is 6.42. The number of rotatable bonds is 4. The molecule has 0 aromatic heterocycles. The van der Waals surface area contributed by atoms with Crippen LogP contribution in [0, 0.1) is 0 Å². The Morgan fingerprint density at radius 2 is 2.40 bits per heavy atom. The molecule has 10 heavy (non-hydrogen) atoms. The summed E-state index contributed by atoms with van der Waals surface area (Å²) in [6.07, 6.45) is 2.93. The third kappa shape index (κ3) is 5.71. The summed E-state index contributed by atoms with van der Waals surface area (Å²) in [6, 6.07) is -0.541. The maximum absolute atomic E-state index is 10.3. The van der Waals surface area contributed by atoms with E-state index in [1.165, 1.54) is 5.48 Å². The molecule has 0 saturated carbocycles. The van der Waals surface area contributed by atoms with Crippen molar-refractivity contribution < 1.29 is 10.0 Å². The third-order valence-electron chi connectivity index (χ3n) is 0.912. The number of hydroxylamine groups is 1. The number of amides is 2. The van der Waals surface area contributed by atoms with Crippen molar-refractivity contribution in [2.75, 3.05) is 18.6 Å². The van der Waals surface area contributed by atoms with E-state index < -0.39 is 6.03 Å². The molecule has 0 aliphatic heterocycles. The van der Waals surface area contributed by atoms with Gasteiger partial charge in [0, 0.05) is 6.54 Å². The lowest BCUT2D eigenvalue weighted by Crippen LogP contribution is -2.33. The van der Waals surface area contributed by atoms with Crippen molar-refractivity contribution in [1.29, 1.82) is 0 Å². The third-order valence-corrected chi connectivity index (χ3v) is 1.61. The Hall–Kier alpha value is -0.420. The maximum atomic E-state index is 10.3. The molecule has 4 nitrogen and oxygen atoms in total. The van der Waals surface area contributed by atoms with Crippen LogP contribution in [0.25, 0.3) is 0 Å². The van der Waals surface area contributed by atoms with Crippen LogP contribution in [0.4, 0.5) is 4.79 Å². The van der Waals surface area contributed by atoms with Crippen molar-refractivity contribution >= 4 is 17.8 Å². The van der Waals surface area contributed by atoms with Gasteiger partial charge >= 0.3 is 6.03 Å². The summed E-state index contributed by atoms with van der Waals surface area (Å²) in [6.45, 7) is 0.604. The van der Waals surface area contributed by atoms with Gasteiger partial charge in [-0.1, -0.05) is 0 Å². The van der Waals surface area contributed by atoms with E-state index in [4.69, 9.17) is 5.21 Å². The Bertz CT molecular complexity index is 99.6. The smallest absolute Gasteiger partial charge is 0.336 e. The summed E-state index contributed by atoms with van der Waals surface area (Å²) in [4.78, 5) is 10.3. The van der Waals surface area contributed by atoms with Crippen LogP contribution in [0.3, 0.4) is 0 Å². The van der Waals surface area contributed by atoms with Crippen LogP contribution in [0.1, 0.15) is 6.42 Å². The SMILES string of the molecule is CSCCCNC(=O)NO. The molecular formula is C5H12N2O2S. The van der Waals surface area contributed by atoms with Crippen LogP contribution >= 0.6 is 11.8 Å². The van der Waals surface area contributed by atoms with Crippen LogP contribution in [0.5, 0.6) is 0 Å². The topological polar surface area (TPSA) is 61.4 Å². The minimum absolute atomic E-state index is 0.541. The molecule has 0 aliphatic carbocycles. The van der Waals surface area contributed by atoms with Crippen LogP contribution < -0.4 is 10.8 Å². The second-order valence-corrected chi connectivity index (χ2v) is 2.70. The Morgan fingerprint density at radius 3 is 2.90 bits per heavy atom. The van der Waals surface area contributed by atoms with Crippen LogP contribution in [0.2, 0.25) is 0 Å². The van der Waals surface area contributed by atoms with E-state index in [9.17, 15) is 4.79 Å². The molecule has 0 heterocycles. The number of hydrogen-bond donors (Lipinski definition) is 3. The van der Waals surface area contributed by atoms with E-state index in [-0.39, 0.29) is 0 Å². The second-order valence-electron chi connectivity index (χ2n) is 1.71. The Morgan fingerprint density at radius 1 is 1.70 bits per heavy atom. The highest BCUT2D eigenvalue weighted by Crippen LogP contribution is 1.92. The van der Waals surface area contributed by atoms with Crippen molar-refractivity contribution in [1.82, 2.24) is 10.8 Å². The molecule has 0 unspecified atom stereocenters. The molecule has 2 amide bonds. The standard InChI is InChI=1S/C5H12N2O2S/c1-10-4-2-3-6-5(8)7-9/h9H,2-4H2,1H3,(H2,6,7,8). The number of carbonyl (C=O) groups excluding carboxylic acids is 1. The zero-order chi connectivity index (χ0) is 7.82. The fraction of sp³-hybridized carbons (Fsp3) is 0.800. The minimum Gasteiger partial charge on any atom is -0.336 e. The minimum atomic E-state index is -0.541. The molecule has 60 valence electrons. The normalized spacial score (nSPS) is 9.00. The lowest BCUT2D eigenvalue weighted by Gasteiger charge is -2.00. The van der Waals surface area contributed by atoms with Gasteiger partial charge < -0.3 is 5.32 Å². The number of thioether (sulfide) groups is 1. The molecule has 0 radical (unpaired) electrons. The van der Waals surface area contributed by atoms with E-state index >= 15 is 0 Å². The number of nitrogens with one attached hydrogen (secondary N) is 2. The summed E-state index contributed by atoms with van der Waals surface area (Å²) in [7, 11) is 0. The van der Waals surface area contributed by atoms with Crippen LogP contribution in [0.15, 0.2) is 0 Å². The fourth-order valence-electron chi connectivity index (χ4n) is 0.458. The van der Waals surface area contributed by atoms with Crippen molar-refractivity contribution in [3.8, 4) is 0 Å². The first-order valence-corrected chi connectivity index (χ1v) is 4.37. The van der Waals surface area contributed by atoms with Gasteiger partial charge in [0.05, 0.1) is 0 Å². The van der Waals surface area contributed by atoms with Gasteiger partial charge in [-0.05, 0) is 18.4 Å². The molecule has 0 bridgehead atoms. The fourth-order valence-corrected chi connectivity index (χ4v) is 0.891. The molecule has 0 atom stereocenters. The lowest BCUT2D eigenvalue weighted by atomic mass is 10.5. The van der Waals surface area contributed by atoms with Crippen molar-refractivity contribution in [2.45, 2.75) is 6.42 Å². The van der Waals surface area contributed by atoms with E-state index in [2.05, 4.69) is 5.32 Å². The molecule has 0 aromatic carbocycles. The summed E-state index contributed by atoms with van der Waals surface area (Å²) >= 11 is 1.73. The maximum Gasteiger partial charge on any atom is 0.338 e. The highest BCUT2D eigenvalue weighted by Gasteiger charge is 1.93. The van der Waals surface area contributed by atoms with Crippen molar-refractivity contribution in [3.63, 3.8) is 0 Å². The Balaban J connectivity index is 2.96. The summed E-state index contributed by atoms with van der Waals surface area (Å²) in [5, 5.41) is 10.5. The monoisotopic (exact) mass is 164 g/mol. The van der Waals surface area contributed by atoms with Gasteiger partial charge in [0.25, 0.3) is 0 Å². The highest BCUT2D eigenvalue weighted by atomic mass is 32.2. The van der Waals surface area contributed by atoms with Gasteiger partial charge in [-0.15, -0.1) is 0 Å². The largest absolute Gasteiger partial charge is 0.338 e. The van der Waals surface area contributed by atoms with Gasteiger partial charge in [-0.3, -0.25) is 5.21 Å². The first-order chi connectivity index (χ1) is 4.81. The summed E-state index contributed by atoms with van der Waals surface area (Å²) in [5.41, 5.74) is 1.49. The van der Waals surface area contributed by atoms with Crippen molar-refractivity contribution in [3.05, 3.63) is 0 Å². The zero-order valence-electron chi connectivity index (χ0n) is 5.89. The van der Waals surface area contributed by atoms with E-state index in [1.807, 2.05) is 6.26 Å². The van der Waals surface area contributed by atoms with E-state index in [1.54, 1.807) is 11.8 Å². The predicted octanol–water partition coefficient (Wildman–Crippen LogP) is 0.428. The first-order valence-electron chi connectivity index (χ1n) is 2.98. The highest BCUT2D eigenvalue weighted by molar-refractivity contribution is 7.98. The molecule has 0 rings (SSSR count). The number of urea groups is 1. The summed E-state index contributed by atoms with van der Waals surface area (Å²) in [5.74, 6) is 1.02. The predicted molar refractivity (Wildman–Crippen MR) is 41.3 cm³/mol. The molecule has 0 aliphatic rings. The van der Waals surface area contributed by atoms with Crippen LogP contribution in [-0.2, 0) is 0 Å². The van der Waals surface area contributed by atoms with Gasteiger partial charge in [-0.25, -0.2) is 10.3 Å². The average molecular weight is 164 g/mol. The van der Waals surface area contributed by atoms with Gasteiger partial charge in [0.1, 0.15) is 0 Å². The number of hydrogen-bond acceptors (Lipinski definition) is 3. The molecule has 3 N–H and O–H groups in total. The summed E-state index contributed by atoms with van der Waals surface area (Å²) < 4.78 is 0. The molecule has 0 saturated heterocycles.